The zero-order chi connectivity index (χ0) is 28.5. The average Bonchev–Trinajstić information content (AvgIpc) is 3.52. The molecule has 0 bridgehead atoms. The molecule has 9 heteroatoms. The molecule has 0 radical (unpaired) electrons. The van der Waals surface area contributed by atoms with Gasteiger partial charge < -0.3 is 13.9 Å². The molecular weight excluding hydrogens is 540 g/mol. The van der Waals surface area contributed by atoms with Crippen molar-refractivity contribution in [1.82, 2.24) is 4.98 Å². The molecule has 204 valence electrons. The number of nitrogens with zero attached hydrogens (tertiary/aromatic N) is 2. The molecule has 1 aliphatic heterocycles. The molecule has 6 rings (SSSR count). The predicted molar refractivity (Wildman–Crippen MR) is 156 cm³/mol. The standard InChI is InChI=1S/C32H24N2O6S/c1-3-17-38-31(37)29-19(2)33-32(41-29)34-26(21-13-15-22(16-14-21)39-18-20-9-5-4-6-10-20)25-27(35)23-11-7-8-12-24(23)40-28(25)30(34)36/h3-16,26H,1,17-18H2,2H3. The van der Waals surface area contributed by atoms with E-state index in [-0.39, 0.29) is 33.4 Å². The van der Waals surface area contributed by atoms with Crippen LogP contribution in [-0.2, 0) is 11.3 Å². The molecule has 1 aliphatic rings. The van der Waals surface area contributed by atoms with E-state index in [1.165, 1.54) is 11.0 Å². The number of para-hydroxylation sites is 1. The summed E-state index contributed by atoms with van der Waals surface area (Å²) in [6, 6.07) is 23.0. The first kappa shape index (κ1) is 26.2. The van der Waals surface area contributed by atoms with Crippen molar-refractivity contribution >= 4 is 39.3 Å². The topological polar surface area (TPSA) is 98.9 Å². The molecule has 3 heterocycles. The fourth-order valence-corrected chi connectivity index (χ4v) is 5.78. The van der Waals surface area contributed by atoms with E-state index in [2.05, 4.69) is 11.6 Å². The van der Waals surface area contributed by atoms with Gasteiger partial charge in [0.2, 0.25) is 5.76 Å². The molecule has 5 aromatic rings. The third-order valence-corrected chi connectivity index (χ3v) is 7.87. The number of aromatic nitrogens is 1. The summed E-state index contributed by atoms with van der Waals surface area (Å²) in [6.07, 6.45) is 1.47. The molecule has 8 nitrogen and oxygen atoms in total. The molecule has 41 heavy (non-hydrogen) atoms. The summed E-state index contributed by atoms with van der Waals surface area (Å²) >= 11 is 1.02. The fourth-order valence-electron chi connectivity index (χ4n) is 4.79. The Kier molecular flexibility index (Phi) is 6.94. The lowest BCUT2D eigenvalue weighted by Crippen LogP contribution is -2.29. The largest absolute Gasteiger partial charge is 0.489 e. The highest BCUT2D eigenvalue weighted by molar-refractivity contribution is 7.17. The summed E-state index contributed by atoms with van der Waals surface area (Å²) < 4.78 is 17.2. The third kappa shape index (κ3) is 4.81. The highest BCUT2D eigenvalue weighted by Gasteiger charge is 2.45. The van der Waals surface area contributed by atoms with Crippen molar-refractivity contribution in [3.05, 3.63) is 135 Å². The number of benzene rings is 3. The van der Waals surface area contributed by atoms with Crippen molar-refractivity contribution in [3.8, 4) is 5.75 Å². The van der Waals surface area contributed by atoms with Gasteiger partial charge >= 0.3 is 5.97 Å². The number of hydrogen-bond acceptors (Lipinski definition) is 8. The number of ether oxygens (including phenoxy) is 2. The summed E-state index contributed by atoms with van der Waals surface area (Å²) in [5.74, 6) is -0.493. The van der Waals surface area contributed by atoms with E-state index in [0.29, 0.717) is 34.6 Å². The van der Waals surface area contributed by atoms with Crippen LogP contribution in [0.5, 0.6) is 5.75 Å². The fraction of sp³-hybridized carbons (Fsp3) is 0.125. The minimum absolute atomic E-state index is 0.0475. The number of thiazole rings is 1. The van der Waals surface area contributed by atoms with Gasteiger partial charge in [-0.15, -0.1) is 0 Å². The maximum Gasteiger partial charge on any atom is 0.350 e. The predicted octanol–water partition coefficient (Wildman–Crippen LogP) is 6.23. The minimum Gasteiger partial charge on any atom is -0.489 e. The van der Waals surface area contributed by atoms with Crippen LogP contribution < -0.4 is 15.1 Å². The monoisotopic (exact) mass is 564 g/mol. The zero-order valence-corrected chi connectivity index (χ0v) is 22.9. The Labute approximate surface area is 239 Å². The lowest BCUT2D eigenvalue weighted by atomic mass is 9.98. The SMILES string of the molecule is C=CCOC(=O)c1sc(N2C(=O)c3oc4ccccc4c(=O)c3C2c2ccc(OCc3ccccc3)cc2)nc1C. The number of anilines is 1. The van der Waals surface area contributed by atoms with Crippen LogP contribution in [0.1, 0.15) is 48.7 Å². The third-order valence-electron chi connectivity index (χ3n) is 6.73. The molecule has 1 atom stereocenters. The molecule has 0 fully saturated rings. The van der Waals surface area contributed by atoms with Crippen molar-refractivity contribution in [2.75, 3.05) is 11.5 Å². The second-order valence-electron chi connectivity index (χ2n) is 9.39. The van der Waals surface area contributed by atoms with Crippen LogP contribution in [0.4, 0.5) is 5.13 Å². The van der Waals surface area contributed by atoms with Gasteiger partial charge in [-0.25, -0.2) is 9.78 Å². The van der Waals surface area contributed by atoms with E-state index >= 15 is 0 Å². The molecule has 0 saturated heterocycles. The highest BCUT2D eigenvalue weighted by Crippen LogP contribution is 2.43. The van der Waals surface area contributed by atoms with Crippen molar-refractivity contribution in [2.24, 2.45) is 0 Å². The summed E-state index contributed by atoms with van der Waals surface area (Å²) in [6.45, 7) is 5.68. The van der Waals surface area contributed by atoms with Crippen LogP contribution in [0.15, 0.2) is 101 Å². The van der Waals surface area contributed by atoms with Gasteiger partial charge in [-0.05, 0) is 42.3 Å². The Hall–Kier alpha value is -5.02. The Bertz CT molecular complexity index is 1840. The molecule has 1 unspecified atom stereocenters. The van der Waals surface area contributed by atoms with E-state index in [4.69, 9.17) is 13.9 Å². The van der Waals surface area contributed by atoms with Gasteiger partial charge in [-0.2, -0.15) is 0 Å². The Balaban J connectivity index is 1.42. The van der Waals surface area contributed by atoms with Crippen LogP contribution in [0.2, 0.25) is 0 Å². The minimum atomic E-state index is -0.830. The number of fused-ring (bicyclic) bond motifs is 2. The van der Waals surface area contributed by atoms with Crippen molar-refractivity contribution in [3.63, 3.8) is 0 Å². The lowest BCUT2D eigenvalue weighted by Gasteiger charge is -2.22. The molecule has 0 aliphatic carbocycles. The lowest BCUT2D eigenvalue weighted by molar-refractivity contribution is 0.0554. The number of aryl methyl sites for hydroxylation is 1. The Morgan fingerprint density at radius 3 is 2.54 bits per heavy atom. The van der Waals surface area contributed by atoms with Gasteiger partial charge in [-0.3, -0.25) is 14.5 Å². The number of carbonyl (C=O) groups excluding carboxylic acids is 2. The molecular formula is C32H24N2O6S. The number of rotatable bonds is 8. The summed E-state index contributed by atoms with van der Waals surface area (Å²) in [5, 5.41) is 0.625. The van der Waals surface area contributed by atoms with Crippen molar-refractivity contribution in [1.29, 1.82) is 0 Å². The van der Waals surface area contributed by atoms with Gasteiger partial charge in [0.1, 0.15) is 29.4 Å². The van der Waals surface area contributed by atoms with Gasteiger partial charge in [0.15, 0.2) is 10.6 Å². The van der Waals surface area contributed by atoms with E-state index in [1.54, 1.807) is 43.3 Å². The van der Waals surface area contributed by atoms with Crippen LogP contribution >= 0.6 is 11.3 Å². The van der Waals surface area contributed by atoms with Crippen LogP contribution in [0, 0.1) is 6.92 Å². The maximum absolute atomic E-state index is 13.9. The number of esters is 1. The van der Waals surface area contributed by atoms with Gasteiger partial charge in [-0.1, -0.05) is 78.6 Å². The first-order valence-corrected chi connectivity index (χ1v) is 13.7. The van der Waals surface area contributed by atoms with Crippen molar-refractivity contribution < 1.29 is 23.5 Å². The highest BCUT2D eigenvalue weighted by atomic mass is 32.1. The zero-order valence-electron chi connectivity index (χ0n) is 22.0. The second kappa shape index (κ2) is 10.9. The number of hydrogen-bond donors (Lipinski definition) is 0. The van der Waals surface area contributed by atoms with Gasteiger partial charge in [0.25, 0.3) is 5.91 Å². The number of amides is 1. The maximum atomic E-state index is 13.9. The molecule has 2 aromatic heterocycles. The first-order valence-electron chi connectivity index (χ1n) is 12.9. The van der Waals surface area contributed by atoms with E-state index in [9.17, 15) is 14.4 Å². The summed E-state index contributed by atoms with van der Waals surface area (Å²) in [7, 11) is 0. The smallest absolute Gasteiger partial charge is 0.350 e. The quantitative estimate of drug-likeness (QED) is 0.163. The second-order valence-corrected chi connectivity index (χ2v) is 10.4. The molecule has 0 N–H and O–H groups in total. The normalized spacial score (nSPS) is 14.2. The van der Waals surface area contributed by atoms with Gasteiger partial charge in [0.05, 0.1) is 22.7 Å². The number of carbonyl (C=O) groups is 2. The van der Waals surface area contributed by atoms with Crippen molar-refractivity contribution in [2.45, 2.75) is 19.6 Å². The summed E-state index contributed by atoms with van der Waals surface area (Å²) in [4.78, 5) is 46.5. The average molecular weight is 565 g/mol. The molecule has 0 spiro atoms. The molecule has 3 aromatic carbocycles. The molecule has 1 amide bonds. The molecule has 0 saturated carbocycles. The van der Waals surface area contributed by atoms with Gasteiger partial charge in [0, 0.05) is 0 Å². The van der Waals surface area contributed by atoms with E-state index in [1.807, 2.05) is 42.5 Å². The first-order chi connectivity index (χ1) is 20.0. The van der Waals surface area contributed by atoms with E-state index < -0.39 is 17.9 Å². The van der Waals surface area contributed by atoms with E-state index in [0.717, 1.165) is 16.9 Å². The van der Waals surface area contributed by atoms with Crippen LogP contribution in [0.25, 0.3) is 11.0 Å². The summed E-state index contributed by atoms with van der Waals surface area (Å²) in [5.41, 5.74) is 2.34. The Morgan fingerprint density at radius 2 is 1.78 bits per heavy atom. The van der Waals surface area contributed by atoms with Crippen LogP contribution in [0.3, 0.4) is 0 Å². The van der Waals surface area contributed by atoms with Crippen LogP contribution in [-0.4, -0.2) is 23.5 Å². The Morgan fingerprint density at radius 1 is 1.05 bits per heavy atom.